The van der Waals surface area contributed by atoms with Crippen LogP contribution in [0.3, 0.4) is 0 Å². The first-order valence-electron chi connectivity index (χ1n) is 16.0. The third-order valence-electron chi connectivity index (χ3n) is 7.43. The van der Waals surface area contributed by atoms with Crippen LogP contribution < -0.4 is 14.8 Å². The van der Waals surface area contributed by atoms with Crippen molar-refractivity contribution < 1.29 is 38.7 Å². The molecule has 4 atom stereocenters. The number of hydrogen-bond donors (Lipinski definition) is 3. The Labute approximate surface area is 264 Å². The summed E-state index contributed by atoms with van der Waals surface area (Å²) in [4.78, 5) is 28.2. The quantitative estimate of drug-likeness (QED) is 0.0880. The SMILES string of the molecule is CCCCNC(=O)[C@@](C)(C[C@H](O)[C@H](C[C@H](Cc1ccc(OCCCO)c(OCCCOC)c1)C(C)C)OC(C)(C)C)N=C=O. The van der Waals surface area contributed by atoms with Crippen LogP contribution in [-0.4, -0.2) is 85.6 Å². The Morgan fingerprint density at radius 2 is 1.73 bits per heavy atom. The number of amides is 1. The van der Waals surface area contributed by atoms with E-state index in [1.165, 1.54) is 6.08 Å². The molecule has 3 N–H and O–H groups in total. The van der Waals surface area contributed by atoms with Crippen molar-refractivity contribution in [3.8, 4) is 11.5 Å². The fourth-order valence-corrected chi connectivity index (χ4v) is 4.87. The predicted octanol–water partition coefficient (Wildman–Crippen LogP) is 5.01. The highest BCUT2D eigenvalue weighted by atomic mass is 16.5. The molecule has 1 aromatic carbocycles. The van der Waals surface area contributed by atoms with E-state index in [-0.39, 0.29) is 24.9 Å². The van der Waals surface area contributed by atoms with Gasteiger partial charge in [0.15, 0.2) is 17.0 Å². The van der Waals surface area contributed by atoms with Crippen molar-refractivity contribution in [3.05, 3.63) is 23.8 Å². The lowest BCUT2D eigenvalue weighted by atomic mass is 9.81. The van der Waals surface area contributed by atoms with Gasteiger partial charge in [0, 0.05) is 46.1 Å². The number of hydrogen-bond acceptors (Lipinski definition) is 9. The highest BCUT2D eigenvalue weighted by Gasteiger charge is 2.39. The van der Waals surface area contributed by atoms with Crippen LogP contribution >= 0.6 is 0 Å². The van der Waals surface area contributed by atoms with Gasteiger partial charge in [0.25, 0.3) is 0 Å². The Balaban J connectivity index is 3.24. The second kappa shape index (κ2) is 20.5. The van der Waals surface area contributed by atoms with E-state index in [1.54, 1.807) is 14.0 Å². The van der Waals surface area contributed by atoms with Crippen molar-refractivity contribution in [1.82, 2.24) is 5.32 Å². The molecule has 0 fully saturated rings. The Morgan fingerprint density at radius 3 is 2.32 bits per heavy atom. The minimum Gasteiger partial charge on any atom is -0.490 e. The lowest BCUT2D eigenvalue weighted by Gasteiger charge is -2.36. The lowest BCUT2D eigenvalue weighted by Crippen LogP contribution is -2.49. The molecule has 0 aliphatic rings. The van der Waals surface area contributed by atoms with Crippen LogP contribution in [0.5, 0.6) is 11.5 Å². The maximum absolute atomic E-state index is 13.0. The number of carbonyl (C=O) groups is 1. The second-order valence-corrected chi connectivity index (χ2v) is 13.0. The third-order valence-corrected chi connectivity index (χ3v) is 7.43. The number of ether oxygens (including phenoxy) is 4. The van der Waals surface area contributed by atoms with Crippen molar-refractivity contribution >= 4 is 12.0 Å². The van der Waals surface area contributed by atoms with Gasteiger partial charge in [-0.05, 0) is 76.5 Å². The van der Waals surface area contributed by atoms with E-state index < -0.39 is 29.3 Å². The molecule has 0 saturated heterocycles. The zero-order valence-corrected chi connectivity index (χ0v) is 28.3. The highest BCUT2D eigenvalue weighted by Crippen LogP contribution is 2.34. The summed E-state index contributed by atoms with van der Waals surface area (Å²) in [6.07, 6.45) is 3.97. The number of aliphatic hydroxyl groups excluding tert-OH is 2. The molecule has 252 valence electrons. The molecule has 10 heteroatoms. The minimum atomic E-state index is -1.47. The summed E-state index contributed by atoms with van der Waals surface area (Å²) in [6.45, 7) is 15.6. The number of aliphatic hydroxyl groups is 2. The fraction of sp³-hybridized carbons (Fsp3) is 0.765. The molecule has 1 amide bonds. The van der Waals surface area contributed by atoms with Gasteiger partial charge in [0.05, 0.1) is 31.0 Å². The molecule has 0 radical (unpaired) electrons. The molecule has 1 rings (SSSR count). The van der Waals surface area contributed by atoms with Gasteiger partial charge in [-0.1, -0.05) is 33.3 Å². The van der Waals surface area contributed by atoms with Crippen LogP contribution in [-0.2, 0) is 25.5 Å². The van der Waals surface area contributed by atoms with Crippen LogP contribution in [0.2, 0.25) is 0 Å². The second-order valence-electron chi connectivity index (χ2n) is 13.0. The monoisotopic (exact) mass is 622 g/mol. The standard InChI is InChI=1S/C34H58N2O8/c1-9-10-15-35-32(40)34(7,36-24-38)23-28(39)30(44-33(4,5)6)22-27(25(2)3)20-26-13-14-29(42-18-11-16-37)31(21-26)43-19-12-17-41-8/h13-14,21,25,27-28,30,37,39H,9-12,15-20,22-23H2,1-8H3,(H,35,40)/t27-,28-,30-,34+/m0/s1. The highest BCUT2D eigenvalue weighted by molar-refractivity contribution is 5.86. The molecule has 0 aromatic heterocycles. The molecule has 0 heterocycles. The van der Waals surface area contributed by atoms with Crippen LogP contribution in [0.25, 0.3) is 0 Å². The van der Waals surface area contributed by atoms with Crippen molar-refractivity contribution in [2.24, 2.45) is 16.8 Å². The molecular formula is C34H58N2O8. The van der Waals surface area contributed by atoms with Gasteiger partial charge >= 0.3 is 0 Å². The van der Waals surface area contributed by atoms with E-state index in [0.29, 0.717) is 57.1 Å². The molecule has 0 aliphatic carbocycles. The van der Waals surface area contributed by atoms with E-state index in [4.69, 9.17) is 24.1 Å². The van der Waals surface area contributed by atoms with Gasteiger partial charge in [-0.15, -0.1) is 0 Å². The summed E-state index contributed by atoms with van der Waals surface area (Å²) in [5, 5.41) is 23.5. The number of rotatable bonds is 23. The van der Waals surface area contributed by atoms with Crippen molar-refractivity contribution in [2.75, 3.05) is 40.1 Å². The first-order valence-corrected chi connectivity index (χ1v) is 16.0. The van der Waals surface area contributed by atoms with Crippen LogP contribution in [0, 0.1) is 11.8 Å². The predicted molar refractivity (Wildman–Crippen MR) is 172 cm³/mol. The molecule has 0 unspecified atom stereocenters. The average molecular weight is 623 g/mol. The maximum Gasteiger partial charge on any atom is 0.248 e. The number of methoxy groups -OCH3 is 1. The first-order chi connectivity index (χ1) is 20.8. The van der Waals surface area contributed by atoms with E-state index >= 15 is 0 Å². The molecule has 10 nitrogen and oxygen atoms in total. The van der Waals surface area contributed by atoms with E-state index in [0.717, 1.165) is 24.8 Å². The van der Waals surface area contributed by atoms with Gasteiger partial charge < -0.3 is 34.5 Å². The van der Waals surface area contributed by atoms with Crippen molar-refractivity contribution in [1.29, 1.82) is 0 Å². The molecule has 0 aliphatic heterocycles. The first kappa shape index (κ1) is 39.5. The van der Waals surface area contributed by atoms with Gasteiger partial charge in [-0.2, -0.15) is 4.99 Å². The van der Waals surface area contributed by atoms with Crippen molar-refractivity contribution in [3.63, 3.8) is 0 Å². The average Bonchev–Trinajstić information content (AvgIpc) is 2.95. The summed E-state index contributed by atoms with van der Waals surface area (Å²) in [7, 11) is 1.65. The van der Waals surface area contributed by atoms with Gasteiger partial charge in [-0.25, -0.2) is 4.79 Å². The Bertz CT molecular complexity index is 1010. The smallest absolute Gasteiger partial charge is 0.248 e. The minimum absolute atomic E-state index is 0.0476. The summed E-state index contributed by atoms with van der Waals surface area (Å²) in [5.74, 6) is 1.20. The van der Waals surface area contributed by atoms with Crippen molar-refractivity contribution in [2.45, 2.75) is 117 Å². The summed E-state index contributed by atoms with van der Waals surface area (Å²) >= 11 is 0. The number of nitrogens with one attached hydrogen (secondary N) is 1. The zero-order valence-electron chi connectivity index (χ0n) is 28.3. The zero-order chi connectivity index (χ0) is 33.2. The number of aliphatic imine (C=N–C) groups is 1. The van der Waals surface area contributed by atoms with E-state index in [9.17, 15) is 14.7 Å². The van der Waals surface area contributed by atoms with E-state index in [2.05, 4.69) is 24.2 Å². The number of carbonyl (C=O) groups excluding carboxylic acids is 2. The molecular weight excluding hydrogens is 564 g/mol. The summed E-state index contributed by atoms with van der Waals surface area (Å²) < 4.78 is 23.5. The van der Waals surface area contributed by atoms with Crippen LogP contribution in [0.1, 0.15) is 92.6 Å². The lowest BCUT2D eigenvalue weighted by molar-refractivity contribution is -0.136. The number of benzene rings is 1. The topological polar surface area (TPSA) is 136 Å². The third kappa shape index (κ3) is 15.0. The van der Waals surface area contributed by atoms with Gasteiger partial charge in [0.2, 0.25) is 12.0 Å². The molecule has 0 bridgehead atoms. The number of unbranched alkanes of at least 4 members (excludes halogenated alkanes) is 1. The van der Waals surface area contributed by atoms with Gasteiger partial charge in [0.1, 0.15) is 0 Å². The Morgan fingerprint density at radius 1 is 1.05 bits per heavy atom. The maximum atomic E-state index is 13.0. The molecule has 0 spiro atoms. The normalized spacial score (nSPS) is 15.2. The summed E-state index contributed by atoms with van der Waals surface area (Å²) in [5.41, 5.74) is -0.977. The number of isocyanates is 1. The largest absolute Gasteiger partial charge is 0.490 e. The molecule has 44 heavy (non-hydrogen) atoms. The van der Waals surface area contributed by atoms with E-state index in [1.807, 2.05) is 45.9 Å². The molecule has 1 aromatic rings. The Kier molecular flexibility index (Phi) is 18.4. The fourth-order valence-electron chi connectivity index (χ4n) is 4.87. The van der Waals surface area contributed by atoms with Gasteiger partial charge in [-0.3, -0.25) is 4.79 Å². The Hall–Kier alpha value is -2.49. The van der Waals surface area contributed by atoms with Crippen LogP contribution in [0.15, 0.2) is 23.2 Å². The van der Waals surface area contributed by atoms with Crippen LogP contribution in [0.4, 0.5) is 0 Å². The number of nitrogens with zero attached hydrogens (tertiary/aromatic N) is 1. The molecule has 0 saturated carbocycles. The summed E-state index contributed by atoms with van der Waals surface area (Å²) in [6, 6.07) is 5.90.